The molecule has 3 aliphatic rings. The molecule has 0 saturated heterocycles. The van der Waals surface area contributed by atoms with Crippen LogP contribution < -0.4 is 0 Å². The molecule has 0 radical (unpaired) electrons. The van der Waals surface area contributed by atoms with Gasteiger partial charge in [0.05, 0.1) is 0 Å². The Kier molecular flexibility index (Phi) is 3.03. The first kappa shape index (κ1) is 14.9. The van der Waals surface area contributed by atoms with Crippen LogP contribution in [0.2, 0.25) is 0 Å². The second-order valence-corrected chi connectivity index (χ2v) is 7.95. The number of aryl methyl sites for hydroxylation is 1. The highest BCUT2D eigenvalue weighted by atomic mass is 16.3. The lowest BCUT2D eigenvalue weighted by molar-refractivity contribution is -0.0647. The van der Waals surface area contributed by atoms with Crippen molar-refractivity contribution in [2.75, 3.05) is 0 Å². The number of phenolic OH excluding ortho intramolecular Hbond substituents is 2. The van der Waals surface area contributed by atoms with Crippen molar-refractivity contribution in [3.05, 3.63) is 23.3 Å². The molecule has 122 valence electrons. The summed E-state index contributed by atoms with van der Waals surface area (Å²) in [6, 6.07) is 3.48. The maximum absolute atomic E-state index is 10.9. The van der Waals surface area contributed by atoms with Crippen LogP contribution >= 0.6 is 0 Å². The summed E-state index contributed by atoms with van der Waals surface area (Å²) in [6.45, 7) is 2.17. The third kappa shape index (κ3) is 1.82. The van der Waals surface area contributed by atoms with Gasteiger partial charge in [0.1, 0.15) is 5.60 Å². The number of hydrogen-bond donors (Lipinski definition) is 3. The van der Waals surface area contributed by atoms with Crippen LogP contribution in [0.15, 0.2) is 12.1 Å². The van der Waals surface area contributed by atoms with Crippen LogP contribution in [0.25, 0.3) is 0 Å². The first-order valence-electron chi connectivity index (χ1n) is 8.64. The summed E-state index contributed by atoms with van der Waals surface area (Å²) in [6.07, 6.45) is 11.3. The molecular formula is C20H24O3. The van der Waals surface area contributed by atoms with Crippen LogP contribution in [0.1, 0.15) is 56.1 Å². The molecule has 5 atom stereocenters. The average Bonchev–Trinajstić information content (AvgIpc) is 2.81. The largest absolute Gasteiger partial charge is 0.504 e. The van der Waals surface area contributed by atoms with Crippen molar-refractivity contribution in [2.45, 2.75) is 57.0 Å². The topological polar surface area (TPSA) is 60.7 Å². The quantitative estimate of drug-likeness (QED) is 0.509. The van der Waals surface area contributed by atoms with Gasteiger partial charge in [-0.05, 0) is 79.5 Å². The van der Waals surface area contributed by atoms with E-state index in [0.29, 0.717) is 24.2 Å². The van der Waals surface area contributed by atoms with Gasteiger partial charge in [-0.3, -0.25) is 0 Å². The molecule has 0 heterocycles. The van der Waals surface area contributed by atoms with E-state index in [0.717, 1.165) is 37.7 Å². The summed E-state index contributed by atoms with van der Waals surface area (Å²) in [5.41, 5.74) is 1.18. The van der Waals surface area contributed by atoms with E-state index in [9.17, 15) is 15.3 Å². The van der Waals surface area contributed by atoms with E-state index in [1.165, 1.54) is 5.56 Å². The fourth-order valence-electron chi connectivity index (χ4n) is 5.85. The van der Waals surface area contributed by atoms with Crippen LogP contribution in [0, 0.1) is 29.6 Å². The predicted molar refractivity (Wildman–Crippen MR) is 88.2 cm³/mol. The molecule has 2 saturated carbocycles. The van der Waals surface area contributed by atoms with E-state index in [1.807, 2.05) is 0 Å². The Hall–Kier alpha value is -1.66. The van der Waals surface area contributed by atoms with Crippen molar-refractivity contribution < 1.29 is 15.3 Å². The van der Waals surface area contributed by atoms with Gasteiger partial charge in [0.25, 0.3) is 0 Å². The smallest absolute Gasteiger partial charge is 0.157 e. The lowest BCUT2D eigenvalue weighted by atomic mass is 9.53. The number of hydrogen-bond acceptors (Lipinski definition) is 3. The first-order chi connectivity index (χ1) is 10.9. The third-order valence-corrected chi connectivity index (χ3v) is 7.21. The van der Waals surface area contributed by atoms with Crippen LogP contribution in [0.4, 0.5) is 0 Å². The maximum Gasteiger partial charge on any atom is 0.157 e. The number of rotatable bonds is 0. The van der Waals surface area contributed by atoms with Crippen molar-refractivity contribution in [2.24, 2.45) is 17.3 Å². The summed E-state index contributed by atoms with van der Waals surface area (Å²) in [5.74, 6) is 4.00. The number of fused-ring (bicyclic) bond motifs is 5. The molecule has 1 aromatic carbocycles. The molecule has 0 bridgehead atoms. The van der Waals surface area contributed by atoms with Gasteiger partial charge in [-0.1, -0.05) is 12.8 Å². The highest BCUT2D eigenvalue weighted by Gasteiger charge is 2.61. The van der Waals surface area contributed by atoms with Crippen LogP contribution in [-0.4, -0.2) is 20.9 Å². The van der Waals surface area contributed by atoms with E-state index in [4.69, 9.17) is 6.42 Å². The van der Waals surface area contributed by atoms with Crippen LogP contribution in [0.3, 0.4) is 0 Å². The number of phenols is 2. The van der Waals surface area contributed by atoms with Crippen LogP contribution in [0.5, 0.6) is 11.5 Å². The number of benzene rings is 1. The van der Waals surface area contributed by atoms with Gasteiger partial charge in [0, 0.05) is 5.41 Å². The van der Waals surface area contributed by atoms with Crippen molar-refractivity contribution in [1.82, 2.24) is 0 Å². The lowest BCUT2D eigenvalue weighted by Crippen LogP contribution is -2.50. The molecule has 0 aliphatic heterocycles. The van der Waals surface area contributed by atoms with Gasteiger partial charge >= 0.3 is 0 Å². The summed E-state index contributed by atoms with van der Waals surface area (Å²) in [4.78, 5) is 0. The van der Waals surface area contributed by atoms with E-state index in [1.54, 1.807) is 12.1 Å². The van der Waals surface area contributed by atoms with E-state index < -0.39 is 5.60 Å². The molecule has 3 N–H and O–H groups in total. The second-order valence-electron chi connectivity index (χ2n) is 7.95. The Balaban J connectivity index is 1.74. The zero-order chi connectivity index (χ0) is 16.4. The molecular weight excluding hydrogens is 288 g/mol. The average molecular weight is 312 g/mol. The van der Waals surface area contributed by atoms with Gasteiger partial charge in [-0.25, -0.2) is 0 Å². The summed E-state index contributed by atoms with van der Waals surface area (Å²) in [5, 5.41) is 30.6. The Labute approximate surface area is 137 Å². The molecule has 3 heteroatoms. The summed E-state index contributed by atoms with van der Waals surface area (Å²) in [7, 11) is 0. The van der Waals surface area contributed by atoms with Crippen molar-refractivity contribution >= 4 is 0 Å². The number of aromatic hydroxyl groups is 2. The Bertz CT molecular complexity index is 704. The summed E-state index contributed by atoms with van der Waals surface area (Å²) >= 11 is 0. The Morgan fingerprint density at radius 2 is 1.87 bits per heavy atom. The van der Waals surface area contributed by atoms with Crippen molar-refractivity contribution in [3.8, 4) is 23.8 Å². The monoisotopic (exact) mass is 312 g/mol. The van der Waals surface area contributed by atoms with E-state index in [-0.39, 0.29) is 16.9 Å². The normalized spacial score (nSPS) is 41.5. The first-order valence-corrected chi connectivity index (χ1v) is 8.64. The molecule has 3 aliphatic carbocycles. The summed E-state index contributed by atoms with van der Waals surface area (Å²) < 4.78 is 0. The minimum atomic E-state index is -0.972. The van der Waals surface area contributed by atoms with Gasteiger partial charge in [-0.2, -0.15) is 0 Å². The molecule has 1 aromatic rings. The van der Waals surface area contributed by atoms with Crippen molar-refractivity contribution in [1.29, 1.82) is 0 Å². The fourth-order valence-corrected chi connectivity index (χ4v) is 5.85. The highest BCUT2D eigenvalue weighted by Crippen LogP contribution is 2.64. The van der Waals surface area contributed by atoms with Gasteiger partial charge < -0.3 is 15.3 Å². The standard InChI is InChI=1S/C20H24O3/c1-3-20(23)9-7-16-14-5-4-12-10-17(21)18(22)11-15(12)13(14)6-8-19(16,20)2/h1,10-11,13-14,16,21-23H,4-9H2,2H3/t13-,14+,16-,19?,20-/m0/s1. The lowest BCUT2D eigenvalue weighted by Gasteiger charge is -2.52. The zero-order valence-corrected chi connectivity index (χ0v) is 13.5. The fraction of sp³-hybridized carbons (Fsp3) is 0.600. The second kappa shape index (κ2) is 4.68. The molecule has 0 aromatic heterocycles. The zero-order valence-electron chi connectivity index (χ0n) is 13.5. The molecule has 4 rings (SSSR count). The highest BCUT2D eigenvalue weighted by molar-refractivity contribution is 5.48. The molecule has 0 spiro atoms. The third-order valence-electron chi connectivity index (χ3n) is 7.21. The number of aliphatic hydroxyl groups is 1. The molecule has 3 nitrogen and oxygen atoms in total. The Morgan fingerprint density at radius 3 is 2.61 bits per heavy atom. The predicted octanol–water partition coefficient (Wildman–Crippen LogP) is 3.32. The minimum Gasteiger partial charge on any atom is -0.504 e. The SMILES string of the molecule is C#C[C@]1(O)CC[C@H]2[C@@H]3CCc4cc(O)c(O)cc4[C@H]3CCC21C. The van der Waals surface area contributed by atoms with E-state index in [2.05, 4.69) is 12.8 Å². The van der Waals surface area contributed by atoms with Crippen LogP contribution in [-0.2, 0) is 6.42 Å². The van der Waals surface area contributed by atoms with Gasteiger partial charge in [-0.15, -0.1) is 6.42 Å². The maximum atomic E-state index is 10.9. The molecule has 0 amide bonds. The molecule has 23 heavy (non-hydrogen) atoms. The van der Waals surface area contributed by atoms with E-state index >= 15 is 0 Å². The molecule has 1 unspecified atom stereocenters. The van der Waals surface area contributed by atoms with Gasteiger partial charge in [0.2, 0.25) is 0 Å². The van der Waals surface area contributed by atoms with Crippen molar-refractivity contribution in [3.63, 3.8) is 0 Å². The van der Waals surface area contributed by atoms with Gasteiger partial charge in [0.15, 0.2) is 11.5 Å². The number of terminal acetylenes is 1. The Morgan fingerprint density at radius 1 is 1.13 bits per heavy atom. The molecule has 2 fully saturated rings. The minimum absolute atomic E-state index is 0.0228.